The number of carbonyl (C=O) groups is 1. The topological polar surface area (TPSA) is 38.3 Å². The molecule has 3 aromatic carbocycles. The van der Waals surface area contributed by atoms with Crippen LogP contribution in [0.4, 0.5) is 0 Å². The normalized spacial score (nSPS) is 11.7. The highest BCUT2D eigenvalue weighted by Crippen LogP contribution is 2.25. The predicted molar refractivity (Wildman–Crippen MR) is 121 cm³/mol. The van der Waals surface area contributed by atoms with Gasteiger partial charge in [-0.15, -0.1) is 11.8 Å². The Balaban J connectivity index is 1.62. The van der Waals surface area contributed by atoms with Gasteiger partial charge in [0.25, 0.3) is 5.91 Å². The molecule has 1 N–H and O–H groups in total. The molecule has 0 radical (unpaired) electrons. The highest BCUT2D eigenvalue weighted by atomic mass is 32.2. The standard InChI is InChI=1S/C25H27NO2S/c1-4-23(21-14-15-24(28-3)18(2)16-21)26-25(27)20-12-10-19(11-13-20)17-29-22-8-6-5-7-9-22/h5-16,23H,4,17H2,1-3H3,(H,26,27)/t23-/m1/s1. The molecule has 3 aromatic rings. The van der Waals surface area contributed by atoms with E-state index in [1.165, 1.54) is 10.5 Å². The summed E-state index contributed by atoms with van der Waals surface area (Å²) < 4.78 is 5.33. The van der Waals surface area contributed by atoms with Crippen LogP contribution in [0, 0.1) is 6.92 Å². The number of methoxy groups -OCH3 is 1. The molecule has 0 saturated heterocycles. The largest absolute Gasteiger partial charge is 0.496 e. The number of carbonyl (C=O) groups excluding carboxylic acids is 1. The number of aryl methyl sites for hydroxylation is 1. The van der Waals surface area contributed by atoms with Gasteiger partial charge in [0, 0.05) is 16.2 Å². The van der Waals surface area contributed by atoms with Crippen molar-refractivity contribution in [3.05, 3.63) is 95.1 Å². The van der Waals surface area contributed by atoms with Gasteiger partial charge >= 0.3 is 0 Å². The van der Waals surface area contributed by atoms with Crippen LogP contribution < -0.4 is 10.1 Å². The molecule has 0 saturated carbocycles. The van der Waals surface area contributed by atoms with E-state index >= 15 is 0 Å². The summed E-state index contributed by atoms with van der Waals surface area (Å²) >= 11 is 1.79. The fraction of sp³-hybridized carbons (Fsp3) is 0.240. The van der Waals surface area contributed by atoms with Crippen molar-refractivity contribution in [1.29, 1.82) is 0 Å². The summed E-state index contributed by atoms with van der Waals surface area (Å²) in [5, 5.41) is 3.16. The highest BCUT2D eigenvalue weighted by molar-refractivity contribution is 7.98. The first kappa shape index (κ1) is 21.0. The van der Waals surface area contributed by atoms with Gasteiger partial charge in [-0.25, -0.2) is 0 Å². The zero-order chi connectivity index (χ0) is 20.6. The lowest BCUT2D eigenvalue weighted by Crippen LogP contribution is -2.28. The van der Waals surface area contributed by atoms with Gasteiger partial charge in [0.15, 0.2) is 0 Å². The van der Waals surface area contributed by atoms with Crippen LogP contribution in [0.2, 0.25) is 0 Å². The summed E-state index contributed by atoms with van der Waals surface area (Å²) in [6, 6.07) is 24.2. The zero-order valence-electron chi connectivity index (χ0n) is 17.1. The fourth-order valence-electron chi connectivity index (χ4n) is 3.22. The van der Waals surface area contributed by atoms with Crippen molar-refractivity contribution in [2.75, 3.05) is 7.11 Å². The van der Waals surface area contributed by atoms with Gasteiger partial charge in [-0.1, -0.05) is 49.4 Å². The zero-order valence-corrected chi connectivity index (χ0v) is 18.0. The molecule has 3 nitrogen and oxygen atoms in total. The van der Waals surface area contributed by atoms with E-state index < -0.39 is 0 Å². The first-order valence-electron chi connectivity index (χ1n) is 9.83. The van der Waals surface area contributed by atoms with Crippen molar-refractivity contribution in [3.8, 4) is 5.75 Å². The Bertz CT molecular complexity index is 939. The second-order valence-electron chi connectivity index (χ2n) is 6.96. The second-order valence-corrected chi connectivity index (χ2v) is 8.01. The first-order chi connectivity index (χ1) is 14.1. The van der Waals surface area contributed by atoms with E-state index in [2.05, 4.69) is 30.4 Å². The SMILES string of the molecule is CC[C@@H](NC(=O)c1ccc(CSc2ccccc2)cc1)c1ccc(OC)c(C)c1. The molecule has 150 valence electrons. The summed E-state index contributed by atoms with van der Waals surface area (Å²) in [5.41, 5.74) is 4.04. The summed E-state index contributed by atoms with van der Waals surface area (Å²) in [7, 11) is 1.67. The minimum absolute atomic E-state index is 0.0274. The maximum absolute atomic E-state index is 12.7. The number of ether oxygens (including phenoxy) is 1. The van der Waals surface area contributed by atoms with Crippen LogP contribution in [-0.2, 0) is 5.75 Å². The van der Waals surface area contributed by atoms with Crippen molar-refractivity contribution >= 4 is 17.7 Å². The van der Waals surface area contributed by atoms with Gasteiger partial charge in [-0.3, -0.25) is 4.79 Å². The average Bonchev–Trinajstić information content (AvgIpc) is 2.77. The number of thioether (sulfide) groups is 1. The summed E-state index contributed by atoms with van der Waals surface area (Å²) in [5.74, 6) is 1.70. The van der Waals surface area contributed by atoms with Gasteiger partial charge < -0.3 is 10.1 Å². The lowest BCUT2D eigenvalue weighted by molar-refractivity contribution is 0.0935. The lowest BCUT2D eigenvalue weighted by atomic mass is 10.0. The Morgan fingerprint density at radius 1 is 1.03 bits per heavy atom. The lowest BCUT2D eigenvalue weighted by Gasteiger charge is -2.19. The number of hydrogen-bond donors (Lipinski definition) is 1. The Morgan fingerprint density at radius 2 is 1.76 bits per heavy atom. The van der Waals surface area contributed by atoms with Gasteiger partial charge in [-0.05, 0) is 60.4 Å². The molecule has 3 rings (SSSR count). The summed E-state index contributed by atoms with van der Waals surface area (Å²) in [6.45, 7) is 4.09. The number of rotatable bonds is 8. The van der Waals surface area contributed by atoms with E-state index in [-0.39, 0.29) is 11.9 Å². The second kappa shape index (κ2) is 10.2. The van der Waals surface area contributed by atoms with Crippen LogP contribution in [0.15, 0.2) is 77.7 Å². The van der Waals surface area contributed by atoms with Crippen molar-refractivity contribution in [2.24, 2.45) is 0 Å². The van der Waals surface area contributed by atoms with Crippen molar-refractivity contribution in [3.63, 3.8) is 0 Å². The maximum Gasteiger partial charge on any atom is 0.251 e. The van der Waals surface area contributed by atoms with Crippen LogP contribution >= 0.6 is 11.8 Å². The molecule has 0 unspecified atom stereocenters. The van der Waals surface area contributed by atoms with E-state index in [4.69, 9.17) is 4.74 Å². The molecule has 0 aliphatic rings. The Labute approximate surface area is 177 Å². The molecule has 0 aliphatic heterocycles. The third-order valence-corrected chi connectivity index (χ3v) is 5.98. The molecule has 4 heteroatoms. The summed E-state index contributed by atoms with van der Waals surface area (Å²) in [4.78, 5) is 14.0. The number of nitrogens with one attached hydrogen (secondary N) is 1. The minimum atomic E-state index is -0.0485. The monoisotopic (exact) mass is 405 g/mol. The van der Waals surface area contributed by atoms with Crippen LogP contribution in [0.1, 0.15) is 46.4 Å². The third kappa shape index (κ3) is 5.64. The van der Waals surface area contributed by atoms with Crippen molar-refractivity contribution < 1.29 is 9.53 Å². The van der Waals surface area contributed by atoms with Crippen LogP contribution in [0.3, 0.4) is 0 Å². The van der Waals surface area contributed by atoms with E-state index in [0.29, 0.717) is 5.56 Å². The Hall–Kier alpha value is -2.72. The molecule has 0 aliphatic carbocycles. The highest BCUT2D eigenvalue weighted by Gasteiger charge is 2.15. The quantitative estimate of drug-likeness (QED) is 0.455. The van der Waals surface area contributed by atoms with Gasteiger partial charge in [-0.2, -0.15) is 0 Å². The molecule has 1 atom stereocenters. The van der Waals surface area contributed by atoms with Crippen LogP contribution in [-0.4, -0.2) is 13.0 Å². The van der Waals surface area contributed by atoms with Gasteiger partial charge in [0.1, 0.15) is 5.75 Å². The number of benzene rings is 3. The van der Waals surface area contributed by atoms with Crippen LogP contribution in [0.25, 0.3) is 0 Å². The molecule has 29 heavy (non-hydrogen) atoms. The van der Waals surface area contributed by atoms with Gasteiger partial charge in [0.2, 0.25) is 0 Å². The molecular formula is C25H27NO2S. The third-order valence-electron chi connectivity index (χ3n) is 4.90. The Kier molecular flexibility index (Phi) is 7.36. The molecule has 0 aromatic heterocycles. The van der Waals surface area contributed by atoms with Crippen molar-refractivity contribution in [1.82, 2.24) is 5.32 Å². The van der Waals surface area contributed by atoms with E-state index in [1.54, 1.807) is 18.9 Å². The van der Waals surface area contributed by atoms with E-state index in [1.807, 2.05) is 61.5 Å². The average molecular weight is 406 g/mol. The molecule has 0 spiro atoms. The Morgan fingerprint density at radius 3 is 2.38 bits per heavy atom. The first-order valence-corrected chi connectivity index (χ1v) is 10.8. The molecule has 0 heterocycles. The molecule has 0 bridgehead atoms. The smallest absolute Gasteiger partial charge is 0.251 e. The molecular weight excluding hydrogens is 378 g/mol. The minimum Gasteiger partial charge on any atom is -0.496 e. The summed E-state index contributed by atoms with van der Waals surface area (Å²) in [6.07, 6.45) is 0.823. The van der Waals surface area contributed by atoms with E-state index in [9.17, 15) is 4.79 Å². The van der Waals surface area contributed by atoms with Gasteiger partial charge in [0.05, 0.1) is 13.2 Å². The number of amides is 1. The molecule has 1 amide bonds. The fourth-order valence-corrected chi connectivity index (χ4v) is 4.09. The number of hydrogen-bond acceptors (Lipinski definition) is 3. The maximum atomic E-state index is 12.7. The van der Waals surface area contributed by atoms with Crippen molar-refractivity contribution in [2.45, 2.75) is 37.0 Å². The predicted octanol–water partition coefficient (Wildman–Crippen LogP) is 6.18. The van der Waals surface area contributed by atoms with E-state index in [0.717, 1.165) is 29.1 Å². The van der Waals surface area contributed by atoms with Crippen LogP contribution in [0.5, 0.6) is 5.75 Å². The molecule has 0 fully saturated rings.